The van der Waals surface area contributed by atoms with Gasteiger partial charge in [0.05, 0.1) is 19.0 Å². The van der Waals surface area contributed by atoms with Crippen molar-refractivity contribution in [2.75, 3.05) is 38.2 Å². The molecule has 2 aliphatic rings. The third-order valence-electron chi connectivity index (χ3n) is 4.42. The van der Waals surface area contributed by atoms with Gasteiger partial charge < -0.3 is 14.5 Å². The monoisotopic (exact) mass is 261 g/mol. The maximum Gasteiger partial charge on any atom is 0.213 e. The second kappa shape index (κ2) is 5.78. The number of hydrogen-bond acceptors (Lipinski definition) is 4. The molecule has 0 spiro atoms. The fourth-order valence-electron chi connectivity index (χ4n) is 3.28. The van der Waals surface area contributed by atoms with Crippen molar-refractivity contribution < 1.29 is 4.74 Å². The minimum absolute atomic E-state index is 0.690. The number of rotatable bonds is 3. The highest BCUT2D eigenvalue weighted by atomic mass is 16.5. The minimum Gasteiger partial charge on any atom is -0.481 e. The Morgan fingerprint density at radius 3 is 2.42 bits per heavy atom. The summed E-state index contributed by atoms with van der Waals surface area (Å²) in [6.45, 7) is 4.92. The standard InChI is InChI=1S/C15H23N3O/c1-19-15-5-4-14(12-16-15)18-10-6-13(7-11-18)17-8-2-3-9-17/h4-5,12-13H,2-3,6-11H2,1H3. The van der Waals surface area contributed by atoms with E-state index in [1.54, 1.807) is 7.11 Å². The van der Waals surface area contributed by atoms with Crippen LogP contribution in [0.2, 0.25) is 0 Å². The fourth-order valence-corrected chi connectivity index (χ4v) is 3.28. The van der Waals surface area contributed by atoms with Crippen LogP contribution < -0.4 is 9.64 Å². The molecule has 2 saturated heterocycles. The van der Waals surface area contributed by atoms with E-state index in [9.17, 15) is 0 Å². The van der Waals surface area contributed by atoms with E-state index in [1.165, 1.54) is 44.5 Å². The van der Waals surface area contributed by atoms with E-state index in [4.69, 9.17) is 4.74 Å². The Labute approximate surface area is 115 Å². The molecule has 0 radical (unpaired) electrons. The predicted molar refractivity (Wildman–Crippen MR) is 76.8 cm³/mol. The lowest BCUT2D eigenvalue weighted by Gasteiger charge is -2.37. The summed E-state index contributed by atoms with van der Waals surface area (Å²) in [6.07, 6.45) is 7.28. The number of piperidine rings is 1. The molecule has 1 aromatic rings. The number of nitrogens with zero attached hydrogens (tertiary/aromatic N) is 3. The average molecular weight is 261 g/mol. The van der Waals surface area contributed by atoms with Crippen molar-refractivity contribution in [3.05, 3.63) is 18.3 Å². The third-order valence-corrected chi connectivity index (χ3v) is 4.42. The van der Waals surface area contributed by atoms with Gasteiger partial charge >= 0.3 is 0 Å². The molecule has 0 atom stereocenters. The fraction of sp³-hybridized carbons (Fsp3) is 0.667. The first-order valence-corrected chi connectivity index (χ1v) is 7.36. The van der Waals surface area contributed by atoms with Crippen LogP contribution in [0.4, 0.5) is 5.69 Å². The Kier molecular flexibility index (Phi) is 3.87. The highest BCUT2D eigenvalue weighted by molar-refractivity contribution is 5.45. The number of likely N-dealkylation sites (tertiary alicyclic amines) is 1. The molecule has 104 valence electrons. The van der Waals surface area contributed by atoms with Crippen LogP contribution in [0.25, 0.3) is 0 Å². The number of anilines is 1. The van der Waals surface area contributed by atoms with Gasteiger partial charge in [-0.1, -0.05) is 0 Å². The van der Waals surface area contributed by atoms with Crippen LogP contribution in [0.15, 0.2) is 18.3 Å². The lowest BCUT2D eigenvalue weighted by Crippen LogP contribution is -2.43. The molecule has 0 bridgehead atoms. The molecule has 4 nitrogen and oxygen atoms in total. The van der Waals surface area contributed by atoms with Gasteiger partial charge in [0.15, 0.2) is 0 Å². The number of hydrogen-bond donors (Lipinski definition) is 0. The topological polar surface area (TPSA) is 28.6 Å². The molecule has 3 heterocycles. The molecule has 2 aliphatic heterocycles. The summed E-state index contributed by atoms with van der Waals surface area (Å²) in [5.41, 5.74) is 1.22. The van der Waals surface area contributed by atoms with Gasteiger partial charge in [0.2, 0.25) is 5.88 Å². The molecule has 0 aromatic carbocycles. The lowest BCUT2D eigenvalue weighted by atomic mass is 10.0. The summed E-state index contributed by atoms with van der Waals surface area (Å²) in [7, 11) is 1.66. The molecule has 0 saturated carbocycles. The molecule has 0 unspecified atom stereocenters. The highest BCUT2D eigenvalue weighted by Gasteiger charge is 2.26. The van der Waals surface area contributed by atoms with Crippen molar-refractivity contribution in [3.63, 3.8) is 0 Å². The van der Waals surface area contributed by atoms with Crippen LogP contribution in [0.1, 0.15) is 25.7 Å². The van der Waals surface area contributed by atoms with Crippen LogP contribution in [-0.2, 0) is 0 Å². The zero-order chi connectivity index (χ0) is 13.1. The van der Waals surface area contributed by atoms with Crippen molar-refractivity contribution in [2.45, 2.75) is 31.7 Å². The van der Waals surface area contributed by atoms with Crippen LogP contribution in [0.3, 0.4) is 0 Å². The van der Waals surface area contributed by atoms with Crippen molar-refractivity contribution >= 4 is 5.69 Å². The van der Waals surface area contributed by atoms with Gasteiger partial charge in [0, 0.05) is 25.2 Å². The van der Waals surface area contributed by atoms with E-state index in [1.807, 2.05) is 12.3 Å². The summed E-state index contributed by atoms with van der Waals surface area (Å²) in [5.74, 6) is 0.690. The Morgan fingerprint density at radius 2 is 1.84 bits per heavy atom. The first-order chi connectivity index (χ1) is 9.36. The van der Waals surface area contributed by atoms with E-state index in [0.29, 0.717) is 5.88 Å². The zero-order valence-corrected chi connectivity index (χ0v) is 11.7. The normalized spacial score (nSPS) is 21.8. The van der Waals surface area contributed by atoms with Crippen molar-refractivity contribution in [1.82, 2.24) is 9.88 Å². The number of ether oxygens (including phenoxy) is 1. The maximum absolute atomic E-state index is 5.10. The van der Waals surface area contributed by atoms with E-state index in [0.717, 1.165) is 19.1 Å². The number of pyridine rings is 1. The molecule has 2 fully saturated rings. The molecule has 0 amide bonds. The molecule has 4 heteroatoms. The summed E-state index contributed by atoms with van der Waals surface area (Å²) in [4.78, 5) is 9.42. The van der Waals surface area contributed by atoms with E-state index in [-0.39, 0.29) is 0 Å². The Morgan fingerprint density at radius 1 is 1.11 bits per heavy atom. The van der Waals surface area contributed by atoms with Crippen molar-refractivity contribution in [1.29, 1.82) is 0 Å². The summed E-state index contributed by atoms with van der Waals surface area (Å²) < 4.78 is 5.10. The number of aromatic nitrogens is 1. The molecule has 1 aromatic heterocycles. The first-order valence-electron chi connectivity index (χ1n) is 7.36. The second-order valence-corrected chi connectivity index (χ2v) is 5.52. The Hall–Kier alpha value is -1.29. The van der Waals surface area contributed by atoms with Crippen LogP contribution >= 0.6 is 0 Å². The highest BCUT2D eigenvalue weighted by Crippen LogP contribution is 2.25. The summed E-state index contributed by atoms with van der Waals surface area (Å²) >= 11 is 0. The largest absolute Gasteiger partial charge is 0.481 e. The van der Waals surface area contributed by atoms with E-state index in [2.05, 4.69) is 20.9 Å². The minimum atomic E-state index is 0.690. The molecule has 0 N–H and O–H groups in total. The van der Waals surface area contributed by atoms with Gasteiger partial charge in [0.1, 0.15) is 0 Å². The van der Waals surface area contributed by atoms with Gasteiger partial charge in [-0.3, -0.25) is 0 Å². The number of methoxy groups -OCH3 is 1. The predicted octanol–water partition coefficient (Wildman–Crippen LogP) is 2.15. The first kappa shape index (κ1) is 12.7. The zero-order valence-electron chi connectivity index (χ0n) is 11.7. The maximum atomic E-state index is 5.10. The van der Waals surface area contributed by atoms with Gasteiger partial charge in [-0.25, -0.2) is 4.98 Å². The quantitative estimate of drug-likeness (QED) is 0.833. The van der Waals surface area contributed by atoms with E-state index < -0.39 is 0 Å². The van der Waals surface area contributed by atoms with Crippen molar-refractivity contribution in [2.24, 2.45) is 0 Å². The lowest BCUT2D eigenvalue weighted by molar-refractivity contribution is 0.208. The van der Waals surface area contributed by atoms with Crippen LogP contribution in [-0.4, -0.2) is 49.2 Å². The second-order valence-electron chi connectivity index (χ2n) is 5.52. The van der Waals surface area contributed by atoms with Gasteiger partial charge in [-0.05, 0) is 44.8 Å². The Balaban J connectivity index is 1.56. The molecule has 0 aliphatic carbocycles. The van der Waals surface area contributed by atoms with Crippen molar-refractivity contribution in [3.8, 4) is 5.88 Å². The van der Waals surface area contributed by atoms with Gasteiger partial charge in [-0.2, -0.15) is 0 Å². The van der Waals surface area contributed by atoms with Gasteiger partial charge in [-0.15, -0.1) is 0 Å². The van der Waals surface area contributed by atoms with Crippen LogP contribution in [0, 0.1) is 0 Å². The van der Waals surface area contributed by atoms with Gasteiger partial charge in [0.25, 0.3) is 0 Å². The molecular formula is C15H23N3O. The summed E-state index contributed by atoms with van der Waals surface area (Å²) in [5, 5.41) is 0. The average Bonchev–Trinajstić information content (AvgIpc) is 3.02. The SMILES string of the molecule is COc1ccc(N2CCC(N3CCCC3)CC2)cn1. The van der Waals surface area contributed by atoms with E-state index >= 15 is 0 Å². The van der Waals surface area contributed by atoms with Crippen LogP contribution in [0.5, 0.6) is 5.88 Å². The molecule has 19 heavy (non-hydrogen) atoms. The Bertz CT molecular complexity index is 392. The molecular weight excluding hydrogens is 238 g/mol. The third kappa shape index (κ3) is 2.84. The smallest absolute Gasteiger partial charge is 0.213 e. The molecule has 3 rings (SSSR count). The summed E-state index contributed by atoms with van der Waals surface area (Å²) in [6, 6.07) is 4.87.